The molecule has 66 heavy (non-hydrogen) atoms. The van der Waals surface area contributed by atoms with Crippen LogP contribution in [-0.4, -0.2) is 4.57 Å². The number of hydrogen-bond donors (Lipinski definition) is 0. The Morgan fingerprint density at radius 3 is 1.30 bits per heavy atom. The predicted molar refractivity (Wildman–Crippen MR) is 285 cm³/mol. The minimum absolute atomic E-state index is 1.17. The normalized spacial score (nSPS) is 11.9. The second-order valence-electron chi connectivity index (χ2n) is 17.5. The van der Waals surface area contributed by atoms with Crippen molar-refractivity contribution in [3.63, 3.8) is 0 Å². The maximum absolute atomic E-state index is 2.46. The van der Waals surface area contributed by atoms with Gasteiger partial charge < -0.3 is 4.57 Å². The van der Waals surface area contributed by atoms with E-state index in [1.165, 1.54) is 135 Å². The van der Waals surface area contributed by atoms with Gasteiger partial charge in [-0.25, -0.2) is 0 Å². The van der Waals surface area contributed by atoms with Gasteiger partial charge in [-0.3, -0.25) is 0 Å². The second kappa shape index (κ2) is 14.6. The first-order chi connectivity index (χ1) is 32.8. The van der Waals surface area contributed by atoms with E-state index in [-0.39, 0.29) is 0 Å². The van der Waals surface area contributed by atoms with Crippen LogP contribution >= 0.6 is 11.3 Å². The molecule has 0 unspecified atom stereocenters. The van der Waals surface area contributed by atoms with Gasteiger partial charge in [0.15, 0.2) is 0 Å². The van der Waals surface area contributed by atoms with Crippen LogP contribution in [0.15, 0.2) is 237 Å². The Morgan fingerprint density at radius 1 is 0.258 bits per heavy atom. The fourth-order valence-corrected chi connectivity index (χ4v) is 12.4. The molecule has 0 fully saturated rings. The fraction of sp³-hybridized carbons (Fsp3) is 0. The lowest BCUT2D eigenvalue weighted by Gasteiger charge is -2.18. The first-order valence-electron chi connectivity index (χ1n) is 22.8. The molecule has 0 N–H and O–H groups in total. The van der Waals surface area contributed by atoms with Crippen molar-refractivity contribution < 1.29 is 0 Å². The Bertz CT molecular complexity index is 4160. The maximum Gasteiger partial charge on any atom is 0.0541 e. The summed E-state index contributed by atoms with van der Waals surface area (Å²) < 4.78 is 4.99. The molecule has 0 saturated heterocycles. The minimum atomic E-state index is 1.17. The van der Waals surface area contributed by atoms with Crippen LogP contribution in [0.5, 0.6) is 0 Å². The van der Waals surface area contributed by atoms with Gasteiger partial charge in [0, 0.05) is 36.6 Å². The molecule has 0 amide bonds. The number of aromatic nitrogens is 1. The highest BCUT2D eigenvalue weighted by molar-refractivity contribution is 7.26. The molecule has 14 rings (SSSR count). The van der Waals surface area contributed by atoms with Crippen LogP contribution < -0.4 is 0 Å². The summed E-state index contributed by atoms with van der Waals surface area (Å²) in [6.45, 7) is 0. The molecule has 0 aliphatic rings. The van der Waals surface area contributed by atoms with Gasteiger partial charge in [-0.15, -0.1) is 11.3 Å². The number of rotatable bonds is 5. The van der Waals surface area contributed by atoms with E-state index in [0.29, 0.717) is 0 Å². The summed E-state index contributed by atoms with van der Waals surface area (Å²) >= 11 is 1.90. The van der Waals surface area contributed by atoms with E-state index >= 15 is 0 Å². The Hall–Kier alpha value is -8.30. The van der Waals surface area contributed by atoms with Crippen LogP contribution in [0.4, 0.5) is 0 Å². The number of thiophene rings is 1. The van der Waals surface area contributed by atoms with Crippen molar-refractivity contribution in [2.24, 2.45) is 0 Å². The zero-order valence-electron chi connectivity index (χ0n) is 35.9. The molecule has 2 heterocycles. The van der Waals surface area contributed by atoms with E-state index in [1.54, 1.807) is 0 Å². The average Bonchev–Trinajstić information content (AvgIpc) is 3.93. The van der Waals surface area contributed by atoms with Crippen molar-refractivity contribution in [1.82, 2.24) is 4.57 Å². The third kappa shape index (κ3) is 5.46. The smallest absolute Gasteiger partial charge is 0.0541 e. The van der Waals surface area contributed by atoms with Crippen LogP contribution in [0.2, 0.25) is 0 Å². The molecule has 306 valence electrons. The fourth-order valence-electron chi connectivity index (χ4n) is 11.3. The van der Waals surface area contributed by atoms with E-state index in [2.05, 4.69) is 241 Å². The lowest BCUT2D eigenvalue weighted by molar-refractivity contribution is 1.18. The highest BCUT2D eigenvalue weighted by atomic mass is 32.1. The summed E-state index contributed by atoms with van der Waals surface area (Å²) in [5.74, 6) is 0. The Morgan fingerprint density at radius 2 is 0.712 bits per heavy atom. The van der Waals surface area contributed by atoms with Crippen molar-refractivity contribution in [3.8, 4) is 50.2 Å². The quantitative estimate of drug-likeness (QED) is 0.152. The minimum Gasteiger partial charge on any atom is -0.309 e. The molecular formula is C64H39NS. The molecule has 14 aromatic rings. The van der Waals surface area contributed by atoms with Crippen molar-refractivity contribution in [2.45, 2.75) is 0 Å². The zero-order chi connectivity index (χ0) is 43.3. The largest absolute Gasteiger partial charge is 0.309 e. The maximum atomic E-state index is 2.46. The monoisotopic (exact) mass is 853 g/mol. The average molecular weight is 854 g/mol. The standard InChI is InChI=1S/C64H39NS/c1-3-18-40(19-4-1)60-49-27-11-13-29-51(49)63(52-30-14-12-28-50(52)60)54-31-17-33-58-64(54)53-36-34-42(39-59(53)66-58)62-47-25-9-7-23-45(47)61(46-24-8-10-26-48(46)62)41-35-37-57-55(38-41)44-22-15-16-32-56(44)65(57)43-20-5-2-6-21-43/h1-39H. The molecule has 0 aliphatic carbocycles. The van der Waals surface area contributed by atoms with Crippen LogP contribution in [-0.2, 0) is 0 Å². The lowest BCUT2D eigenvalue weighted by Crippen LogP contribution is -1.93. The summed E-state index contributed by atoms with van der Waals surface area (Å²) in [5, 5.41) is 15.3. The van der Waals surface area contributed by atoms with Gasteiger partial charge in [-0.05, 0) is 130 Å². The molecule has 2 aromatic heterocycles. The van der Waals surface area contributed by atoms with Gasteiger partial charge >= 0.3 is 0 Å². The number of hydrogen-bond acceptors (Lipinski definition) is 1. The lowest BCUT2D eigenvalue weighted by atomic mass is 9.84. The predicted octanol–water partition coefficient (Wildman–Crippen LogP) is 18.4. The van der Waals surface area contributed by atoms with Gasteiger partial charge in [0.2, 0.25) is 0 Å². The van der Waals surface area contributed by atoms with Crippen LogP contribution in [0.25, 0.3) is 135 Å². The zero-order valence-corrected chi connectivity index (χ0v) is 36.7. The molecular weight excluding hydrogens is 815 g/mol. The first-order valence-corrected chi connectivity index (χ1v) is 23.6. The van der Waals surface area contributed by atoms with Crippen molar-refractivity contribution >= 4 is 96.4 Å². The Balaban J connectivity index is 0.977. The van der Waals surface area contributed by atoms with E-state index in [1.807, 2.05) is 11.3 Å². The molecule has 0 radical (unpaired) electrons. The number of benzene rings is 12. The van der Waals surface area contributed by atoms with Crippen LogP contribution in [0.3, 0.4) is 0 Å². The van der Waals surface area contributed by atoms with E-state index in [9.17, 15) is 0 Å². The molecule has 2 heteroatoms. The SMILES string of the molecule is c1ccc(-c2c3ccccc3c(-c3cccc4sc5cc(-c6c7ccccc7c(-c7ccc8c(c7)c7ccccc7n8-c7ccccc7)c7ccccc67)ccc5c34)c3ccccc23)cc1. The number of fused-ring (bicyclic) bond motifs is 10. The summed E-state index contributed by atoms with van der Waals surface area (Å²) in [7, 11) is 0. The van der Waals surface area contributed by atoms with Gasteiger partial charge in [-0.1, -0.05) is 194 Å². The molecule has 12 aromatic carbocycles. The molecule has 0 spiro atoms. The highest BCUT2D eigenvalue weighted by Gasteiger charge is 2.22. The van der Waals surface area contributed by atoms with Gasteiger partial charge in [0.05, 0.1) is 11.0 Å². The summed E-state index contributed by atoms with van der Waals surface area (Å²) in [6.07, 6.45) is 0. The first kappa shape index (κ1) is 37.1. The number of nitrogens with zero attached hydrogens (tertiary/aromatic N) is 1. The van der Waals surface area contributed by atoms with Crippen LogP contribution in [0, 0.1) is 0 Å². The second-order valence-corrected chi connectivity index (χ2v) is 18.5. The van der Waals surface area contributed by atoms with E-state index in [4.69, 9.17) is 0 Å². The van der Waals surface area contributed by atoms with Gasteiger partial charge in [0.1, 0.15) is 0 Å². The summed E-state index contributed by atoms with van der Waals surface area (Å²) in [6, 6.07) is 87.6. The molecule has 0 aliphatic heterocycles. The van der Waals surface area contributed by atoms with Crippen molar-refractivity contribution in [3.05, 3.63) is 237 Å². The highest BCUT2D eigenvalue weighted by Crippen LogP contribution is 2.50. The summed E-state index contributed by atoms with van der Waals surface area (Å²) in [5.41, 5.74) is 13.7. The molecule has 0 saturated carbocycles. The van der Waals surface area contributed by atoms with Gasteiger partial charge in [-0.2, -0.15) is 0 Å². The van der Waals surface area contributed by atoms with Crippen molar-refractivity contribution in [2.75, 3.05) is 0 Å². The third-order valence-corrected chi connectivity index (χ3v) is 15.1. The van der Waals surface area contributed by atoms with E-state index in [0.717, 1.165) is 0 Å². The molecule has 0 bridgehead atoms. The number of para-hydroxylation sites is 2. The molecule has 0 atom stereocenters. The van der Waals surface area contributed by atoms with E-state index < -0.39 is 0 Å². The molecule has 1 nitrogen and oxygen atoms in total. The summed E-state index contributed by atoms with van der Waals surface area (Å²) in [4.78, 5) is 0. The topological polar surface area (TPSA) is 4.93 Å². The van der Waals surface area contributed by atoms with Crippen molar-refractivity contribution in [1.29, 1.82) is 0 Å². The Kier molecular flexibility index (Phi) is 8.22. The van der Waals surface area contributed by atoms with Crippen LogP contribution in [0.1, 0.15) is 0 Å². The Labute approximate surface area is 385 Å². The third-order valence-electron chi connectivity index (χ3n) is 14.0. The van der Waals surface area contributed by atoms with Gasteiger partial charge in [0.25, 0.3) is 0 Å².